The maximum atomic E-state index is 13.6. The molecule has 0 aromatic carbocycles. The van der Waals surface area contributed by atoms with Crippen LogP contribution in [0, 0.1) is 12.9 Å². The van der Waals surface area contributed by atoms with Crippen LogP contribution < -0.4 is 16.1 Å². The summed E-state index contributed by atoms with van der Waals surface area (Å²) < 4.78 is 16.6. The molecule has 0 bridgehead atoms. The Balaban J connectivity index is 1.59. The third kappa shape index (κ3) is 4.75. The van der Waals surface area contributed by atoms with Gasteiger partial charge in [0.05, 0.1) is 33.6 Å². The summed E-state index contributed by atoms with van der Waals surface area (Å²) in [6.45, 7) is 6.01. The number of halogens is 1. The molecule has 2 aliphatic heterocycles. The zero-order valence-electron chi connectivity index (χ0n) is 20.6. The Morgan fingerprint density at radius 2 is 1.92 bits per heavy atom. The van der Waals surface area contributed by atoms with Gasteiger partial charge in [-0.2, -0.15) is 19.3 Å². The lowest BCUT2D eigenvalue weighted by Gasteiger charge is -2.10. The molecule has 0 amide bonds. The molecule has 37 heavy (non-hydrogen) atoms. The van der Waals surface area contributed by atoms with Gasteiger partial charge in [0.25, 0.3) is 0 Å². The molecule has 0 N–H and O–H groups in total. The summed E-state index contributed by atoms with van der Waals surface area (Å²) in [5.74, 6) is -0.610. The van der Waals surface area contributed by atoms with Gasteiger partial charge in [-0.15, -0.1) is 11.3 Å². The predicted molar refractivity (Wildman–Crippen MR) is 142 cm³/mol. The molecule has 0 saturated heterocycles. The Kier molecular flexibility index (Phi) is 6.82. The van der Waals surface area contributed by atoms with Crippen molar-refractivity contribution in [2.45, 2.75) is 33.7 Å². The van der Waals surface area contributed by atoms with Crippen LogP contribution in [0.1, 0.15) is 25.1 Å². The minimum atomic E-state index is -0.610. The third-order valence-electron chi connectivity index (χ3n) is 5.97. The van der Waals surface area contributed by atoms with Crippen molar-refractivity contribution in [3.05, 3.63) is 91.6 Å². The number of rotatable bonds is 6. The van der Waals surface area contributed by atoms with Crippen LogP contribution >= 0.6 is 11.3 Å². The zero-order chi connectivity index (χ0) is 25.9. The Labute approximate surface area is 216 Å². The number of nitrogens with zero attached hydrogens (tertiary/aromatic N) is 7. The Hall–Kier alpha value is -4.31. The largest absolute Gasteiger partial charge is 0.301 e. The van der Waals surface area contributed by atoms with E-state index in [0.717, 1.165) is 27.5 Å². The van der Waals surface area contributed by atoms with E-state index in [-0.39, 0.29) is 11.3 Å². The van der Waals surface area contributed by atoms with E-state index in [4.69, 9.17) is 5.10 Å². The molecule has 0 fully saturated rings. The van der Waals surface area contributed by atoms with Crippen LogP contribution in [0.25, 0.3) is 40.6 Å². The van der Waals surface area contributed by atoms with Gasteiger partial charge in [-0.05, 0) is 57.0 Å². The van der Waals surface area contributed by atoms with E-state index in [1.165, 1.54) is 28.2 Å². The second-order valence-electron chi connectivity index (χ2n) is 8.33. The van der Waals surface area contributed by atoms with E-state index < -0.39 is 5.95 Å². The van der Waals surface area contributed by atoms with Gasteiger partial charge in [-0.3, -0.25) is 14.5 Å². The highest BCUT2D eigenvalue weighted by atomic mass is 32.1. The predicted octanol–water partition coefficient (Wildman–Crippen LogP) is 3.29. The van der Waals surface area contributed by atoms with Crippen LogP contribution in [-0.4, -0.2) is 34.5 Å². The third-order valence-corrected chi connectivity index (χ3v) is 6.55. The second kappa shape index (κ2) is 10.4. The molecule has 3 aromatic rings. The van der Waals surface area contributed by atoms with E-state index in [2.05, 4.69) is 20.1 Å². The smallest absolute Gasteiger partial charge is 0.265 e. The van der Waals surface area contributed by atoms with Crippen LogP contribution in [0.3, 0.4) is 0 Å². The van der Waals surface area contributed by atoms with Crippen molar-refractivity contribution in [2.75, 3.05) is 0 Å². The zero-order valence-corrected chi connectivity index (χ0v) is 21.4. The highest BCUT2D eigenvalue weighted by Crippen LogP contribution is 2.17. The Morgan fingerprint density at radius 3 is 2.59 bits per heavy atom. The molecular weight excluding hydrogens is 489 g/mol. The molecule has 2 aliphatic rings. The number of pyridine rings is 2. The fourth-order valence-electron chi connectivity index (χ4n) is 4.13. The average molecular weight is 514 g/mol. The molecule has 8 nitrogen and oxygen atoms in total. The molecule has 5 heterocycles. The topological polar surface area (TPSA) is 91.4 Å². The van der Waals surface area contributed by atoms with Crippen molar-refractivity contribution in [1.82, 2.24) is 34.5 Å². The lowest BCUT2D eigenvalue weighted by Crippen LogP contribution is -2.40. The molecule has 3 aromatic heterocycles. The Bertz CT molecular complexity index is 1740. The van der Waals surface area contributed by atoms with E-state index in [9.17, 15) is 9.18 Å². The normalized spacial score (nSPS) is 12.9. The summed E-state index contributed by atoms with van der Waals surface area (Å²) in [6.07, 6.45) is 10.3. The quantitative estimate of drug-likeness (QED) is 0.324. The molecule has 5 rings (SSSR count). The van der Waals surface area contributed by atoms with E-state index in [1.54, 1.807) is 12.4 Å². The average Bonchev–Trinajstić information content (AvgIpc) is 3.55. The fourth-order valence-corrected chi connectivity index (χ4v) is 4.67. The summed E-state index contributed by atoms with van der Waals surface area (Å²) >= 11 is 1.53. The fraction of sp³-hybridized carbons (Fsp3) is 0.185. The first-order valence-corrected chi connectivity index (χ1v) is 12.7. The first kappa shape index (κ1) is 24.4. The van der Waals surface area contributed by atoms with Crippen molar-refractivity contribution in [3.8, 4) is 28.5 Å². The van der Waals surface area contributed by atoms with Crippen molar-refractivity contribution in [3.63, 3.8) is 0 Å². The van der Waals surface area contributed by atoms with Crippen LogP contribution in [0.4, 0.5) is 4.39 Å². The lowest BCUT2D eigenvalue weighted by atomic mass is 10.1. The SMILES string of the molecule is CC=CC=c1c(=CC)c2nn(-c3ccc(F)nc3C)c(=O)c-2nn1CCc1ccc(-c2cscn2)nc1. The van der Waals surface area contributed by atoms with Gasteiger partial charge < -0.3 is 0 Å². The molecule has 0 unspecified atom stereocenters. The molecule has 0 aliphatic carbocycles. The highest BCUT2D eigenvalue weighted by molar-refractivity contribution is 7.07. The maximum Gasteiger partial charge on any atom is 0.301 e. The molecule has 0 radical (unpaired) electrons. The minimum absolute atomic E-state index is 0.242. The number of thiazole rings is 1. The monoisotopic (exact) mass is 513 g/mol. The number of aryl methyl sites for hydroxylation is 3. The van der Waals surface area contributed by atoms with Crippen LogP contribution in [0.5, 0.6) is 0 Å². The number of fused-ring (bicyclic) bond motifs is 1. The summed E-state index contributed by atoms with van der Waals surface area (Å²) in [5, 5.41) is 12.9. The van der Waals surface area contributed by atoms with Gasteiger partial charge in [0, 0.05) is 23.3 Å². The minimum Gasteiger partial charge on any atom is -0.265 e. The van der Waals surface area contributed by atoms with E-state index >= 15 is 0 Å². The number of hydrogen-bond acceptors (Lipinski definition) is 7. The second-order valence-corrected chi connectivity index (χ2v) is 9.05. The van der Waals surface area contributed by atoms with Gasteiger partial charge >= 0.3 is 5.56 Å². The molecule has 186 valence electrons. The molecule has 0 spiro atoms. The first-order chi connectivity index (χ1) is 18.0. The summed E-state index contributed by atoms with van der Waals surface area (Å²) in [7, 11) is 0. The molecule has 0 atom stereocenters. The molecule has 0 saturated carbocycles. The maximum absolute atomic E-state index is 13.6. The highest BCUT2D eigenvalue weighted by Gasteiger charge is 2.22. The van der Waals surface area contributed by atoms with Crippen LogP contribution in [0.2, 0.25) is 0 Å². The molecule has 10 heteroatoms. The van der Waals surface area contributed by atoms with Crippen molar-refractivity contribution in [2.24, 2.45) is 0 Å². The van der Waals surface area contributed by atoms with Gasteiger partial charge in [-0.25, -0.2) is 9.97 Å². The lowest BCUT2D eigenvalue weighted by molar-refractivity contribution is 0.578. The van der Waals surface area contributed by atoms with Gasteiger partial charge in [-0.1, -0.05) is 24.3 Å². The summed E-state index contributed by atoms with van der Waals surface area (Å²) in [6, 6.07) is 6.71. The van der Waals surface area contributed by atoms with Crippen molar-refractivity contribution in [1.29, 1.82) is 0 Å². The number of hydrogen-bond donors (Lipinski definition) is 0. The van der Waals surface area contributed by atoms with Crippen molar-refractivity contribution < 1.29 is 4.39 Å². The number of aromatic nitrogens is 7. The van der Waals surface area contributed by atoms with Crippen LogP contribution in [-0.2, 0) is 13.0 Å². The van der Waals surface area contributed by atoms with E-state index in [0.29, 0.717) is 30.0 Å². The summed E-state index contributed by atoms with van der Waals surface area (Å²) in [4.78, 5) is 26.1. The first-order valence-electron chi connectivity index (χ1n) is 11.8. The van der Waals surface area contributed by atoms with Gasteiger partial charge in [0.15, 0.2) is 5.69 Å². The van der Waals surface area contributed by atoms with Gasteiger partial charge in [0.1, 0.15) is 5.69 Å². The Morgan fingerprint density at radius 1 is 1.05 bits per heavy atom. The van der Waals surface area contributed by atoms with Crippen LogP contribution in [0.15, 0.2) is 58.3 Å². The van der Waals surface area contributed by atoms with Gasteiger partial charge in [0.2, 0.25) is 5.95 Å². The molecular formula is C27H24FN7OS. The van der Waals surface area contributed by atoms with Crippen molar-refractivity contribution >= 4 is 23.5 Å². The standard InChI is InChI=1S/C27H24FN7OS/c1-4-6-7-23-19(5-2)25-26(27(36)35(33-25)22-10-11-24(28)31-17(22)3)32-34(23)13-12-18-8-9-20(29-14-18)21-15-37-16-30-21/h4-11,14-16H,12-13H2,1-3H3. The number of allylic oxidation sites excluding steroid dienone is 2. The summed E-state index contributed by atoms with van der Waals surface area (Å²) in [5.41, 5.74) is 5.65. The van der Waals surface area contributed by atoms with E-state index in [1.807, 2.05) is 66.5 Å².